The molecule has 1 unspecified atom stereocenters. The highest BCUT2D eigenvalue weighted by molar-refractivity contribution is 8.21. The van der Waals surface area contributed by atoms with Crippen molar-refractivity contribution in [1.82, 2.24) is 9.97 Å². The maximum absolute atomic E-state index is 12.0. The maximum Gasteiger partial charge on any atom is 0.321 e. The zero-order valence-corrected chi connectivity index (χ0v) is 14.3. The van der Waals surface area contributed by atoms with Crippen LogP contribution in [0.25, 0.3) is 0 Å². The Labute approximate surface area is 136 Å². The van der Waals surface area contributed by atoms with Crippen LogP contribution in [0, 0.1) is 0 Å². The molecule has 2 heterocycles. The number of methoxy groups -OCH3 is 3. The minimum atomic E-state index is -0.357. The molecular weight excluding hydrogens is 332 g/mol. The van der Waals surface area contributed by atoms with Crippen LogP contribution in [0.2, 0.25) is 0 Å². The van der Waals surface area contributed by atoms with Gasteiger partial charge in [-0.2, -0.15) is 9.97 Å². The van der Waals surface area contributed by atoms with Crippen molar-refractivity contribution >= 4 is 41.3 Å². The fourth-order valence-corrected chi connectivity index (χ4v) is 6.03. The maximum atomic E-state index is 12.0. The van der Waals surface area contributed by atoms with Crippen molar-refractivity contribution in [3.63, 3.8) is 0 Å². The van der Waals surface area contributed by atoms with Gasteiger partial charge in [0.15, 0.2) is 5.16 Å². The number of aromatic nitrogens is 2. The van der Waals surface area contributed by atoms with Gasteiger partial charge in [-0.25, -0.2) is 0 Å². The summed E-state index contributed by atoms with van der Waals surface area (Å²) in [5.74, 6) is 2.61. The van der Waals surface area contributed by atoms with Crippen LogP contribution >= 0.6 is 35.3 Å². The van der Waals surface area contributed by atoms with E-state index in [1.54, 1.807) is 29.6 Å². The molecule has 1 fully saturated rings. The summed E-state index contributed by atoms with van der Waals surface area (Å²) in [6, 6.07) is 1.59. The Hall–Kier alpha value is -0.800. The molecule has 0 spiro atoms. The first-order chi connectivity index (χ1) is 10.2. The van der Waals surface area contributed by atoms with Crippen LogP contribution in [0.4, 0.5) is 0 Å². The zero-order valence-electron chi connectivity index (χ0n) is 11.9. The van der Waals surface area contributed by atoms with Gasteiger partial charge in [-0.15, -0.1) is 23.5 Å². The van der Waals surface area contributed by atoms with Gasteiger partial charge in [0, 0.05) is 11.5 Å². The third-order valence-electron chi connectivity index (χ3n) is 2.64. The van der Waals surface area contributed by atoms with Gasteiger partial charge >= 0.3 is 5.97 Å². The van der Waals surface area contributed by atoms with Gasteiger partial charge < -0.3 is 14.2 Å². The van der Waals surface area contributed by atoms with Crippen LogP contribution in [-0.2, 0) is 9.53 Å². The van der Waals surface area contributed by atoms with Crippen LogP contribution in [0.1, 0.15) is 0 Å². The van der Waals surface area contributed by atoms with E-state index in [4.69, 9.17) is 14.2 Å². The van der Waals surface area contributed by atoms with Crippen molar-refractivity contribution < 1.29 is 19.0 Å². The van der Waals surface area contributed by atoms with E-state index in [-0.39, 0.29) is 15.8 Å². The highest BCUT2D eigenvalue weighted by atomic mass is 32.2. The van der Waals surface area contributed by atoms with Gasteiger partial charge in [0.1, 0.15) is 5.25 Å². The van der Waals surface area contributed by atoms with Crippen molar-refractivity contribution in [3.05, 3.63) is 6.07 Å². The normalized spacial score (nSPS) is 16.5. The Balaban J connectivity index is 2.20. The molecule has 0 saturated carbocycles. The lowest BCUT2D eigenvalue weighted by Gasteiger charge is -2.18. The zero-order chi connectivity index (χ0) is 15.2. The van der Waals surface area contributed by atoms with Crippen LogP contribution in [0.5, 0.6) is 11.8 Å². The van der Waals surface area contributed by atoms with E-state index >= 15 is 0 Å². The van der Waals surface area contributed by atoms with E-state index in [1.165, 1.54) is 33.1 Å². The van der Waals surface area contributed by atoms with Gasteiger partial charge in [-0.3, -0.25) is 4.79 Å². The third-order valence-corrected chi connectivity index (χ3v) is 7.25. The molecule has 0 radical (unpaired) electrons. The molecular formula is C12H16N2O4S3. The fraction of sp³-hybridized carbons (Fsp3) is 0.583. The first-order valence-corrected chi connectivity index (χ1v) is 9.10. The molecule has 1 aromatic rings. The monoisotopic (exact) mass is 348 g/mol. The molecule has 116 valence electrons. The van der Waals surface area contributed by atoms with Crippen LogP contribution < -0.4 is 9.47 Å². The van der Waals surface area contributed by atoms with E-state index in [2.05, 4.69) is 9.97 Å². The summed E-state index contributed by atoms with van der Waals surface area (Å²) in [5, 5.41) is 0.0824. The molecule has 2 rings (SSSR count). The topological polar surface area (TPSA) is 70.5 Å². The van der Waals surface area contributed by atoms with Crippen molar-refractivity contribution in [2.75, 3.05) is 32.8 Å². The first kappa shape index (κ1) is 16.6. The molecule has 0 bridgehead atoms. The number of carbonyl (C=O) groups is 1. The van der Waals surface area contributed by atoms with E-state index < -0.39 is 0 Å². The van der Waals surface area contributed by atoms with Gasteiger partial charge in [-0.05, 0) is 0 Å². The lowest BCUT2D eigenvalue weighted by Crippen LogP contribution is -2.27. The van der Waals surface area contributed by atoms with E-state index in [0.29, 0.717) is 16.9 Å². The molecule has 0 N–H and O–H groups in total. The molecule has 1 aliphatic heterocycles. The summed E-state index contributed by atoms with van der Waals surface area (Å²) >= 11 is 4.79. The summed E-state index contributed by atoms with van der Waals surface area (Å²) in [4.78, 5) is 20.5. The standard InChI is InChI=1S/C12H16N2O4S3/c1-16-7-6-8(17-2)14-12(13-7)21-9(10(15)18-3)11-19-4-5-20-11/h6,9,11H,4-5H2,1-3H3. The fourth-order valence-electron chi connectivity index (χ4n) is 1.64. The van der Waals surface area contributed by atoms with E-state index in [1.807, 2.05) is 0 Å². The summed E-state index contributed by atoms with van der Waals surface area (Å²) < 4.78 is 15.3. The van der Waals surface area contributed by atoms with Crippen LogP contribution in [0.15, 0.2) is 11.2 Å². The second-order valence-electron chi connectivity index (χ2n) is 3.91. The Bertz CT molecular complexity index is 475. The van der Waals surface area contributed by atoms with Gasteiger partial charge in [0.25, 0.3) is 0 Å². The first-order valence-electron chi connectivity index (χ1n) is 6.12. The van der Waals surface area contributed by atoms with Crippen molar-refractivity contribution in [2.24, 2.45) is 0 Å². The number of hydrogen-bond acceptors (Lipinski definition) is 9. The van der Waals surface area contributed by atoms with Crippen molar-refractivity contribution in [1.29, 1.82) is 0 Å². The Kier molecular flexibility index (Phi) is 6.31. The number of nitrogens with zero attached hydrogens (tertiary/aromatic N) is 2. The lowest BCUT2D eigenvalue weighted by molar-refractivity contribution is -0.139. The average Bonchev–Trinajstić information content (AvgIpc) is 3.05. The smallest absolute Gasteiger partial charge is 0.321 e. The minimum absolute atomic E-state index is 0.142. The SMILES string of the molecule is COC(=O)C(Sc1nc(OC)cc(OC)n1)C1SCCS1. The number of carbonyl (C=O) groups excluding carboxylic acids is 1. The molecule has 1 aliphatic rings. The largest absolute Gasteiger partial charge is 0.481 e. The highest BCUT2D eigenvalue weighted by Gasteiger charge is 2.34. The van der Waals surface area contributed by atoms with Gasteiger partial charge in [0.05, 0.1) is 32.0 Å². The molecule has 9 heteroatoms. The van der Waals surface area contributed by atoms with Crippen LogP contribution in [-0.4, -0.2) is 58.6 Å². The third kappa shape index (κ3) is 4.33. The number of hydrogen-bond donors (Lipinski definition) is 0. The summed E-state index contributed by atoms with van der Waals surface area (Å²) in [5.41, 5.74) is 0. The van der Waals surface area contributed by atoms with Gasteiger partial charge in [-0.1, -0.05) is 11.8 Å². The quantitative estimate of drug-likeness (QED) is 0.435. The summed E-state index contributed by atoms with van der Waals surface area (Å²) in [7, 11) is 4.45. The number of esters is 1. The lowest BCUT2D eigenvalue weighted by atomic mass is 10.5. The molecule has 1 atom stereocenters. The second-order valence-corrected chi connectivity index (χ2v) is 7.81. The molecule has 6 nitrogen and oxygen atoms in total. The van der Waals surface area contributed by atoms with Gasteiger partial charge in [0.2, 0.25) is 11.8 Å². The molecule has 0 aromatic carbocycles. The molecule has 21 heavy (non-hydrogen) atoms. The predicted octanol–water partition coefficient (Wildman–Crippen LogP) is 1.93. The molecule has 1 saturated heterocycles. The molecule has 1 aromatic heterocycles. The number of ether oxygens (including phenoxy) is 3. The Morgan fingerprint density at radius 1 is 1.24 bits per heavy atom. The van der Waals surface area contributed by atoms with Crippen molar-refractivity contribution in [3.8, 4) is 11.8 Å². The van der Waals surface area contributed by atoms with Crippen molar-refractivity contribution in [2.45, 2.75) is 15.0 Å². The summed E-state index contributed by atoms with van der Waals surface area (Å²) in [6.45, 7) is 0. The molecule has 0 amide bonds. The van der Waals surface area contributed by atoms with Crippen LogP contribution in [0.3, 0.4) is 0 Å². The second kappa shape index (κ2) is 8.00. The Morgan fingerprint density at radius 2 is 1.81 bits per heavy atom. The number of rotatable bonds is 6. The van der Waals surface area contributed by atoms with E-state index in [0.717, 1.165) is 11.5 Å². The minimum Gasteiger partial charge on any atom is -0.481 e. The Morgan fingerprint density at radius 3 is 2.29 bits per heavy atom. The molecule has 0 aliphatic carbocycles. The highest BCUT2D eigenvalue weighted by Crippen LogP contribution is 2.41. The average molecular weight is 348 g/mol. The van der Waals surface area contributed by atoms with E-state index in [9.17, 15) is 4.79 Å². The predicted molar refractivity (Wildman–Crippen MR) is 85.5 cm³/mol. The number of thioether (sulfide) groups is 3. The summed E-state index contributed by atoms with van der Waals surface area (Å²) in [6.07, 6.45) is 0.